The molecule has 1 saturated carbocycles. The predicted molar refractivity (Wildman–Crippen MR) is 56.1 cm³/mol. The topological polar surface area (TPSA) is 68.0 Å². The van der Waals surface area contributed by atoms with Crippen LogP contribution < -0.4 is 0 Å². The molecule has 1 aliphatic carbocycles. The lowest BCUT2D eigenvalue weighted by Gasteiger charge is -2.31. The number of halogens is 1. The molecule has 0 aromatic carbocycles. The van der Waals surface area contributed by atoms with Crippen LogP contribution in [-0.2, 0) is 17.4 Å². The summed E-state index contributed by atoms with van der Waals surface area (Å²) in [5.74, 6) is 0.214. The number of ketones is 1. The molecule has 0 bridgehead atoms. The molecule has 0 saturated heterocycles. The minimum Gasteiger partial charge on any atom is -0.383 e. The first-order valence-corrected chi connectivity index (χ1v) is 5.62. The van der Waals surface area contributed by atoms with Crippen LogP contribution in [0.5, 0.6) is 0 Å². The minimum absolute atomic E-state index is 0.214. The first kappa shape index (κ1) is 10.8. The quantitative estimate of drug-likeness (QED) is 0.826. The maximum atomic E-state index is 11.1. The molecular weight excluding hydrogens is 262 g/mol. The molecule has 0 amide bonds. The molecule has 1 aromatic rings. The molecule has 5 nitrogen and oxygen atoms in total. The second-order valence-electron chi connectivity index (χ2n) is 3.92. The molecule has 0 aliphatic heterocycles. The SMILES string of the molecule is Cn1nnc(Br)c1C1(O)CCC(=O)CC1. The highest BCUT2D eigenvalue weighted by atomic mass is 79.9. The summed E-state index contributed by atoms with van der Waals surface area (Å²) in [6.07, 6.45) is 1.75. The fourth-order valence-electron chi connectivity index (χ4n) is 2.00. The Kier molecular flexibility index (Phi) is 2.64. The standard InChI is InChI=1S/C9H12BrN3O2/c1-13-7(8(10)11-12-13)9(15)4-2-6(14)3-5-9/h15H,2-5H2,1H3. The summed E-state index contributed by atoms with van der Waals surface area (Å²) in [7, 11) is 1.74. The average Bonchev–Trinajstić information content (AvgIpc) is 2.52. The lowest BCUT2D eigenvalue weighted by molar-refractivity contribution is -0.126. The van der Waals surface area contributed by atoms with Crippen LogP contribution >= 0.6 is 15.9 Å². The van der Waals surface area contributed by atoms with Gasteiger partial charge in [-0.1, -0.05) is 5.21 Å². The maximum absolute atomic E-state index is 11.1. The monoisotopic (exact) mass is 273 g/mol. The zero-order chi connectivity index (χ0) is 11.1. The van der Waals surface area contributed by atoms with E-state index in [1.54, 1.807) is 11.7 Å². The van der Waals surface area contributed by atoms with Crippen molar-refractivity contribution in [2.75, 3.05) is 0 Å². The van der Waals surface area contributed by atoms with E-state index in [-0.39, 0.29) is 5.78 Å². The lowest BCUT2D eigenvalue weighted by Crippen LogP contribution is -2.34. The van der Waals surface area contributed by atoms with Gasteiger partial charge in [-0.15, -0.1) is 5.10 Å². The molecular formula is C9H12BrN3O2. The van der Waals surface area contributed by atoms with Crippen LogP contribution in [0.1, 0.15) is 31.4 Å². The van der Waals surface area contributed by atoms with Gasteiger partial charge in [-0.2, -0.15) is 0 Å². The van der Waals surface area contributed by atoms with Crippen molar-refractivity contribution in [1.29, 1.82) is 0 Å². The van der Waals surface area contributed by atoms with Gasteiger partial charge in [-0.3, -0.25) is 4.79 Å². The first-order valence-electron chi connectivity index (χ1n) is 4.83. The number of aryl methyl sites for hydroxylation is 1. The molecule has 1 N–H and O–H groups in total. The van der Waals surface area contributed by atoms with E-state index < -0.39 is 5.60 Å². The Bertz CT molecular complexity index is 373. The molecule has 82 valence electrons. The van der Waals surface area contributed by atoms with E-state index in [2.05, 4.69) is 26.2 Å². The summed E-state index contributed by atoms with van der Waals surface area (Å²) in [4.78, 5) is 11.1. The molecule has 1 heterocycles. The Labute approximate surface area is 95.6 Å². The van der Waals surface area contributed by atoms with Gasteiger partial charge in [0.25, 0.3) is 0 Å². The van der Waals surface area contributed by atoms with Crippen molar-refractivity contribution < 1.29 is 9.90 Å². The van der Waals surface area contributed by atoms with Gasteiger partial charge in [0.1, 0.15) is 17.1 Å². The number of hydrogen-bond acceptors (Lipinski definition) is 4. The Morgan fingerprint density at radius 2 is 2.07 bits per heavy atom. The van der Waals surface area contributed by atoms with Gasteiger partial charge >= 0.3 is 0 Å². The van der Waals surface area contributed by atoms with Gasteiger partial charge in [-0.05, 0) is 28.8 Å². The van der Waals surface area contributed by atoms with Crippen molar-refractivity contribution in [1.82, 2.24) is 15.0 Å². The molecule has 6 heteroatoms. The number of hydrogen-bond donors (Lipinski definition) is 1. The largest absolute Gasteiger partial charge is 0.383 e. The number of nitrogens with zero attached hydrogens (tertiary/aromatic N) is 3. The van der Waals surface area contributed by atoms with Gasteiger partial charge in [0.2, 0.25) is 0 Å². The van der Waals surface area contributed by atoms with Crippen LogP contribution in [-0.4, -0.2) is 25.9 Å². The molecule has 1 aliphatic rings. The first-order chi connectivity index (χ1) is 7.03. The smallest absolute Gasteiger partial charge is 0.154 e. The average molecular weight is 274 g/mol. The van der Waals surface area contributed by atoms with Crippen molar-refractivity contribution >= 4 is 21.7 Å². The van der Waals surface area contributed by atoms with Crippen LogP contribution in [0.3, 0.4) is 0 Å². The summed E-state index contributed by atoms with van der Waals surface area (Å²) in [5, 5.41) is 18.1. The molecule has 15 heavy (non-hydrogen) atoms. The Hall–Kier alpha value is -0.750. The van der Waals surface area contributed by atoms with Crippen LogP contribution in [0.15, 0.2) is 4.60 Å². The predicted octanol–water partition coefficient (Wildman–Crippen LogP) is 0.908. The van der Waals surface area contributed by atoms with E-state index >= 15 is 0 Å². The van der Waals surface area contributed by atoms with Crippen molar-refractivity contribution in [2.45, 2.75) is 31.3 Å². The number of Topliss-reactive ketones (excluding diaryl/α,β-unsaturated/α-hetero) is 1. The number of carbonyl (C=O) groups is 1. The van der Waals surface area contributed by atoms with E-state index in [1.807, 2.05) is 0 Å². The van der Waals surface area contributed by atoms with Crippen molar-refractivity contribution in [3.05, 3.63) is 10.3 Å². The summed E-state index contributed by atoms with van der Waals surface area (Å²) in [6, 6.07) is 0. The van der Waals surface area contributed by atoms with E-state index in [0.29, 0.717) is 36.0 Å². The Morgan fingerprint density at radius 3 is 2.53 bits per heavy atom. The van der Waals surface area contributed by atoms with Gasteiger partial charge in [-0.25, -0.2) is 4.68 Å². The summed E-state index contributed by atoms with van der Waals surface area (Å²) in [5.41, 5.74) is -0.305. The zero-order valence-corrected chi connectivity index (χ0v) is 9.99. The summed E-state index contributed by atoms with van der Waals surface area (Å²) in [6.45, 7) is 0. The zero-order valence-electron chi connectivity index (χ0n) is 8.40. The Morgan fingerprint density at radius 1 is 1.47 bits per heavy atom. The fourth-order valence-corrected chi connectivity index (χ4v) is 2.70. The third-order valence-electron chi connectivity index (χ3n) is 2.86. The number of carbonyl (C=O) groups excluding carboxylic acids is 1. The maximum Gasteiger partial charge on any atom is 0.154 e. The van der Waals surface area contributed by atoms with Crippen molar-refractivity contribution in [3.8, 4) is 0 Å². The van der Waals surface area contributed by atoms with Crippen LogP contribution in [0.4, 0.5) is 0 Å². The third kappa shape index (κ3) is 1.83. The molecule has 0 spiro atoms. The lowest BCUT2D eigenvalue weighted by atomic mass is 9.82. The van der Waals surface area contributed by atoms with Gasteiger partial charge in [0.15, 0.2) is 4.60 Å². The molecule has 1 aromatic heterocycles. The highest BCUT2D eigenvalue weighted by Gasteiger charge is 2.38. The second-order valence-corrected chi connectivity index (χ2v) is 4.67. The third-order valence-corrected chi connectivity index (χ3v) is 3.40. The molecule has 0 unspecified atom stereocenters. The second kappa shape index (κ2) is 3.68. The fraction of sp³-hybridized carbons (Fsp3) is 0.667. The number of aromatic nitrogens is 3. The van der Waals surface area contributed by atoms with Crippen LogP contribution in [0.25, 0.3) is 0 Å². The molecule has 2 rings (SSSR count). The normalized spacial score (nSPS) is 20.6. The Balaban J connectivity index is 2.33. The van der Waals surface area contributed by atoms with Gasteiger partial charge < -0.3 is 5.11 Å². The summed E-state index contributed by atoms with van der Waals surface area (Å²) < 4.78 is 2.11. The number of rotatable bonds is 1. The van der Waals surface area contributed by atoms with Crippen molar-refractivity contribution in [3.63, 3.8) is 0 Å². The van der Waals surface area contributed by atoms with Crippen molar-refractivity contribution in [2.24, 2.45) is 7.05 Å². The highest BCUT2D eigenvalue weighted by molar-refractivity contribution is 9.10. The van der Waals surface area contributed by atoms with E-state index in [0.717, 1.165) is 0 Å². The van der Waals surface area contributed by atoms with E-state index in [9.17, 15) is 9.90 Å². The van der Waals surface area contributed by atoms with Crippen LogP contribution in [0.2, 0.25) is 0 Å². The van der Waals surface area contributed by atoms with E-state index in [1.165, 1.54) is 0 Å². The molecule has 1 fully saturated rings. The van der Waals surface area contributed by atoms with E-state index in [4.69, 9.17) is 0 Å². The molecule has 0 radical (unpaired) electrons. The van der Waals surface area contributed by atoms with Crippen LogP contribution in [0, 0.1) is 0 Å². The van der Waals surface area contributed by atoms with Gasteiger partial charge in [0, 0.05) is 19.9 Å². The number of aliphatic hydroxyl groups is 1. The molecule has 0 atom stereocenters. The van der Waals surface area contributed by atoms with Gasteiger partial charge in [0.05, 0.1) is 0 Å². The highest BCUT2D eigenvalue weighted by Crippen LogP contribution is 2.37. The minimum atomic E-state index is -0.967. The summed E-state index contributed by atoms with van der Waals surface area (Å²) >= 11 is 3.26.